The van der Waals surface area contributed by atoms with Crippen molar-refractivity contribution in [1.82, 2.24) is 0 Å². The van der Waals surface area contributed by atoms with Gasteiger partial charge in [-0.25, -0.2) is 0 Å². The van der Waals surface area contributed by atoms with Crippen molar-refractivity contribution in [1.29, 1.82) is 0 Å². The van der Waals surface area contributed by atoms with E-state index in [1.807, 2.05) is 27.0 Å². The lowest BCUT2D eigenvalue weighted by molar-refractivity contribution is 0.0352. The zero-order valence-electron chi connectivity index (χ0n) is 13.1. The van der Waals surface area contributed by atoms with Gasteiger partial charge in [-0.3, -0.25) is 4.79 Å². The Morgan fingerprint density at radius 3 is 2.48 bits per heavy atom. The molecule has 21 heavy (non-hydrogen) atoms. The molecule has 0 spiro atoms. The van der Waals surface area contributed by atoms with E-state index < -0.39 is 5.60 Å². The van der Waals surface area contributed by atoms with Crippen molar-refractivity contribution >= 4 is 39.6 Å². The van der Waals surface area contributed by atoms with Crippen LogP contribution in [0.15, 0.2) is 4.90 Å². The number of nitrogens with two attached hydrogens (primary N) is 1. The first kappa shape index (κ1) is 16.6. The van der Waals surface area contributed by atoms with Crippen LogP contribution in [0.5, 0.6) is 0 Å². The molecule has 0 aliphatic carbocycles. The summed E-state index contributed by atoms with van der Waals surface area (Å²) < 4.78 is 0. The number of hydrogen-bond donors (Lipinski definition) is 2. The standard InChI is InChI=1S/C15H24N2O2S2/c1-9(2)11(18)12-10(16)13(20-4)14(21-12)17-7-5-15(3,19)6-8-17/h9,19H,5-8,16H2,1-4H3. The second-order valence-electron chi connectivity index (χ2n) is 6.19. The third kappa shape index (κ3) is 3.38. The maximum Gasteiger partial charge on any atom is 0.177 e. The average Bonchev–Trinajstić information content (AvgIpc) is 2.74. The van der Waals surface area contributed by atoms with Crippen LogP contribution in [0.2, 0.25) is 0 Å². The lowest BCUT2D eigenvalue weighted by Crippen LogP contribution is -2.42. The van der Waals surface area contributed by atoms with Gasteiger partial charge in [-0.1, -0.05) is 13.8 Å². The highest BCUT2D eigenvalue weighted by atomic mass is 32.2. The summed E-state index contributed by atoms with van der Waals surface area (Å²) >= 11 is 3.10. The summed E-state index contributed by atoms with van der Waals surface area (Å²) in [5, 5.41) is 11.2. The summed E-state index contributed by atoms with van der Waals surface area (Å²) in [7, 11) is 0. The van der Waals surface area contributed by atoms with E-state index in [1.165, 1.54) is 11.3 Å². The molecule has 6 heteroatoms. The van der Waals surface area contributed by atoms with Crippen LogP contribution in [0.1, 0.15) is 43.3 Å². The quantitative estimate of drug-likeness (QED) is 0.656. The predicted molar refractivity (Wildman–Crippen MR) is 91.8 cm³/mol. The van der Waals surface area contributed by atoms with Crippen LogP contribution >= 0.6 is 23.1 Å². The van der Waals surface area contributed by atoms with E-state index in [2.05, 4.69) is 4.90 Å². The monoisotopic (exact) mass is 328 g/mol. The summed E-state index contributed by atoms with van der Waals surface area (Å²) in [5.74, 6) is 0.0682. The van der Waals surface area contributed by atoms with Gasteiger partial charge in [-0.05, 0) is 26.0 Å². The van der Waals surface area contributed by atoms with Gasteiger partial charge in [-0.2, -0.15) is 0 Å². The number of piperidine rings is 1. The molecule has 0 aromatic carbocycles. The molecule has 0 radical (unpaired) electrons. The van der Waals surface area contributed by atoms with Gasteiger partial charge in [-0.15, -0.1) is 23.1 Å². The van der Waals surface area contributed by atoms with Gasteiger partial charge in [0.15, 0.2) is 5.78 Å². The summed E-state index contributed by atoms with van der Waals surface area (Å²) in [5.41, 5.74) is 6.26. The minimum atomic E-state index is -0.574. The fraction of sp³-hybridized carbons (Fsp3) is 0.667. The Morgan fingerprint density at radius 2 is 2.00 bits per heavy atom. The minimum absolute atomic E-state index is 0.0457. The molecule has 1 aromatic heterocycles. The molecule has 2 rings (SSSR count). The molecular weight excluding hydrogens is 304 g/mol. The largest absolute Gasteiger partial charge is 0.396 e. The molecule has 1 aliphatic rings. The van der Waals surface area contributed by atoms with Crippen molar-refractivity contribution in [2.45, 2.75) is 44.1 Å². The first-order valence-corrected chi connectivity index (χ1v) is 9.28. The first-order chi connectivity index (χ1) is 9.76. The molecule has 0 saturated carbocycles. The van der Waals surface area contributed by atoms with E-state index in [-0.39, 0.29) is 11.7 Å². The van der Waals surface area contributed by atoms with E-state index in [4.69, 9.17) is 5.73 Å². The van der Waals surface area contributed by atoms with E-state index >= 15 is 0 Å². The third-order valence-corrected chi connectivity index (χ3v) is 6.19. The molecule has 1 fully saturated rings. The molecule has 2 heterocycles. The summed E-state index contributed by atoms with van der Waals surface area (Å²) in [6.07, 6.45) is 3.48. The minimum Gasteiger partial charge on any atom is -0.396 e. The van der Waals surface area contributed by atoms with Crippen molar-refractivity contribution < 1.29 is 9.90 Å². The number of rotatable bonds is 4. The van der Waals surface area contributed by atoms with Gasteiger partial charge in [0.05, 0.1) is 21.1 Å². The average molecular weight is 329 g/mol. The molecular formula is C15H24N2O2S2. The number of carbonyl (C=O) groups is 1. The van der Waals surface area contributed by atoms with Crippen LogP contribution in [-0.2, 0) is 0 Å². The number of aliphatic hydroxyl groups is 1. The number of nitrogen functional groups attached to an aromatic ring is 1. The number of nitrogens with zero attached hydrogens (tertiary/aromatic N) is 1. The lowest BCUT2D eigenvalue weighted by Gasteiger charge is -2.36. The third-order valence-electron chi connectivity index (χ3n) is 3.96. The number of anilines is 2. The van der Waals surface area contributed by atoms with E-state index in [0.29, 0.717) is 10.6 Å². The fourth-order valence-corrected chi connectivity index (χ4v) is 4.78. The Labute approximate surface area is 134 Å². The van der Waals surface area contributed by atoms with Crippen LogP contribution in [-0.4, -0.2) is 35.8 Å². The van der Waals surface area contributed by atoms with E-state index in [1.54, 1.807) is 11.8 Å². The van der Waals surface area contributed by atoms with Crippen LogP contribution in [0, 0.1) is 5.92 Å². The summed E-state index contributed by atoms with van der Waals surface area (Å²) in [6.45, 7) is 7.29. The second-order valence-corrected chi connectivity index (χ2v) is 8.00. The highest BCUT2D eigenvalue weighted by Crippen LogP contribution is 2.45. The number of ketones is 1. The van der Waals surface area contributed by atoms with Crippen LogP contribution in [0.4, 0.5) is 10.7 Å². The zero-order valence-corrected chi connectivity index (χ0v) is 14.7. The molecule has 1 aromatic rings. The Hall–Kier alpha value is -0.720. The van der Waals surface area contributed by atoms with Crippen molar-refractivity contribution in [3.8, 4) is 0 Å². The Bertz CT molecular complexity index is 528. The van der Waals surface area contributed by atoms with Gasteiger partial charge < -0.3 is 15.7 Å². The van der Waals surface area contributed by atoms with E-state index in [9.17, 15) is 9.90 Å². The van der Waals surface area contributed by atoms with Crippen molar-refractivity contribution in [3.05, 3.63) is 4.88 Å². The lowest BCUT2D eigenvalue weighted by atomic mass is 9.94. The van der Waals surface area contributed by atoms with Gasteiger partial charge in [0, 0.05) is 19.0 Å². The normalized spacial score (nSPS) is 18.3. The Morgan fingerprint density at radius 1 is 1.43 bits per heavy atom. The molecule has 4 nitrogen and oxygen atoms in total. The zero-order chi connectivity index (χ0) is 15.8. The molecule has 118 valence electrons. The maximum atomic E-state index is 12.3. The maximum absolute atomic E-state index is 12.3. The fourth-order valence-electron chi connectivity index (χ4n) is 2.46. The number of thioether (sulfide) groups is 1. The molecule has 0 bridgehead atoms. The predicted octanol–water partition coefficient (Wildman–Crippen LogP) is 3.24. The Kier molecular flexibility index (Phi) is 4.90. The van der Waals surface area contributed by atoms with Crippen molar-refractivity contribution in [2.24, 2.45) is 5.92 Å². The van der Waals surface area contributed by atoms with Crippen molar-refractivity contribution in [3.63, 3.8) is 0 Å². The molecule has 1 saturated heterocycles. The number of hydrogen-bond acceptors (Lipinski definition) is 6. The number of thiophene rings is 1. The van der Waals surface area contributed by atoms with Crippen molar-refractivity contribution in [2.75, 3.05) is 30.0 Å². The van der Waals surface area contributed by atoms with Crippen LogP contribution in [0.3, 0.4) is 0 Å². The van der Waals surface area contributed by atoms with Gasteiger partial charge >= 0.3 is 0 Å². The van der Waals surface area contributed by atoms with Gasteiger partial charge in [0.25, 0.3) is 0 Å². The SMILES string of the molecule is CSc1c(N2CCC(C)(O)CC2)sc(C(=O)C(C)C)c1N. The smallest absolute Gasteiger partial charge is 0.177 e. The second kappa shape index (κ2) is 6.18. The topological polar surface area (TPSA) is 66.6 Å². The van der Waals surface area contributed by atoms with E-state index in [0.717, 1.165) is 35.8 Å². The highest BCUT2D eigenvalue weighted by Gasteiger charge is 2.31. The first-order valence-electron chi connectivity index (χ1n) is 7.24. The molecule has 0 amide bonds. The summed E-state index contributed by atoms with van der Waals surface area (Å²) in [6, 6.07) is 0. The highest BCUT2D eigenvalue weighted by molar-refractivity contribution is 7.99. The molecule has 0 unspecified atom stereocenters. The Balaban J connectivity index is 2.32. The number of Topliss-reactive ketones (excluding diaryl/α,β-unsaturated/α-hetero) is 1. The number of carbonyl (C=O) groups excluding carboxylic acids is 1. The van der Waals surface area contributed by atoms with Gasteiger partial charge in [0.1, 0.15) is 5.00 Å². The molecule has 1 aliphatic heterocycles. The van der Waals surface area contributed by atoms with Gasteiger partial charge in [0.2, 0.25) is 0 Å². The summed E-state index contributed by atoms with van der Waals surface area (Å²) in [4.78, 5) is 16.2. The van der Waals surface area contributed by atoms with Crippen LogP contribution in [0.25, 0.3) is 0 Å². The van der Waals surface area contributed by atoms with Crippen LogP contribution < -0.4 is 10.6 Å². The molecule has 3 N–H and O–H groups in total. The molecule has 0 atom stereocenters.